The van der Waals surface area contributed by atoms with E-state index < -0.39 is 0 Å². The molecule has 3 rings (SSSR count). The normalized spacial score (nSPS) is 22.3. The van der Waals surface area contributed by atoms with E-state index in [1.54, 1.807) is 25.0 Å². The molecular weight excluding hydrogens is 284 g/mol. The van der Waals surface area contributed by atoms with Crippen LogP contribution in [0, 0.1) is 5.92 Å². The summed E-state index contributed by atoms with van der Waals surface area (Å²) in [7, 11) is 3.43. The predicted octanol–water partition coefficient (Wildman–Crippen LogP) is 0.639. The number of rotatable bonds is 3. The van der Waals surface area contributed by atoms with Crippen LogP contribution in [0.25, 0.3) is 11.2 Å². The van der Waals surface area contributed by atoms with Crippen molar-refractivity contribution in [1.82, 2.24) is 18.7 Å². The quantitative estimate of drug-likeness (QED) is 0.834. The first kappa shape index (κ1) is 15.0. The third-order valence-corrected chi connectivity index (χ3v) is 4.56. The van der Waals surface area contributed by atoms with Crippen molar-refractivity contribution in [3.05, 3.63) is 27.2 Å². The molecule has 0 aromatic carbocycles. The van der Waals surface area contributed by atoms with Gasteiger partial charge in [0.05, 0.1) is 12.4 Å². The molecule has 7 nitrogen and oxygen atoms in total. The average molecular weight is 306 g/mol. The third kappa shape index (κ3) is 2.49. The molecule has 3 heterocycles. The summed E-state index contributed by atoms with van der Waals surface area (Å²) in [4.78, 5) is 29.1. The van der Waals surface area contributed by atoms with E-state index in [1.165, 1.54) is 9.13 Å². The van der Waals surface area contributed by atoms with Gasteiger partial charge in [-0.05, 0) is 32.1 Å². The molecule has 1 aliphatic heterocycles. The number of hydrogen-bond donors (Lipinski definition) is 0. The minimum absolute atomic E-state index is 0.252. The lowest BCUT2D eigenvalue weighted by molar-refractivity contribution is -0.000108. The second-order valence-electron chi connectivity index (χ2n) is 6.19. The Balaban J connectivity index is 1.92. The molecule has 2 unspecified atom stereocenters. The van der Waals surface area contributed by atoms with Gasteiger partial charge < -0.3 is 9.30 Å². The highest BCUT2D eigenvalue weighted by molar-refractivity contribution is 5.69. The molecule has 1 aliphatic rings. The molecule has 7 heteroatoms. The monoisotopic (exact) mass is 306 g/mol. The Hall–Kier alpha value is -1.89. The standard InChI is InChI=1S/C15H22N4O3/c1-10-8-11(5-7-22-10)4-6-19-14(20)12-13(16-9-17(12)2)18(3)15(19)21/h9-11H,4-8H2,1-3H3. The maximum atomic E-state index is 12.6. The fourth-order valence-electron chi connectivity index (χ4n) is 3.26. The predicted molar refractivity (Wildman–Crippen MR) is 83.0 cm³/mol. The summed E-state index contributed by atoms with van der Waals surface area (Å²) in [5.41, 5.74) is 0.366. The van der Waals surface area contributed by atoms with Crippen molar-refractivity contribution in [1.29, 1.82) is 0 Å². The van der Waals surface area contributed by atoms with E-state index >= 15 is 0 Å². The number of aromatic nitrogens is 4. The highest BCUT2D eigenvalue weighted by Crippen LogP contribution is 2.23. The second kappa shape index (κ2) is 5.72. The number of imidazole rings is 1. The van der Waals surface area contributed by atoms with Crippen LogP contribution in [0.3, 0.4) is 0 Å². The number of nitrogens with zero attached hydrogens (tertiary/aromatic N) is 4. The Kier molecular flexibility index (Phi) is 3.90. The van der Waals surface area contributed by atoms with Crippen molar-refractivity contribution in [3.8, 4) is 0 Å². The SMILES string of the molecule is CC1CC(CCn2c(=O)c3c(ncn3C)n(C)c2=O)CCO1. The lowest BCUT2D eigenvalue weighted by Gasteiger charge is -2.27. The van der Waals surface area contributed by atoms with E-state index in [1.807, 2.05) is 0 Å². The van der Waals surface area contributed by atoms with Crippen molar-refractivity contribution >= 4 is 11.2 Å². The first-order valence-electron chi connectivity index (χ1n) is 7.71. The van der Waals surface area contributed by atoms with Crippen LogP contribution in [-0.4, -0.2) is 31.4 Å². The number of hydrogen-bond acceptors (Lipinski definition) is 4. The summed E-state index contributed by atoms with van der Waals surface area (Å²) in [6, 6.07) is 0. The van der Waals surface area contributed by atoms with Gasteiger partial charge in [-0.2, -0.15) is 0 Å². The summed E-state index contributed by atoms with van der Waals surface area (Å²) in [6.07, 6.45) is 4.64. The Labute approximate surface area is 128 Å². The van der Waals surface area contributed by atoms with Gasteiger partial charge in [-0.15, -0.1) is 0 Å². The molecule has 0 bridgehead atoms. The van der Waals surface area contributed by atoms with Gasteiger partial charge in [0.25, 0.3) is 5.56 Å². The van der Waals surface area contributed by atoms with Gasteiger partial charge in [0, 0.05) is 27.2 Å². The van der Waals surface area contributed by atoms with Crippen LogP contribution in [-0.2, 0) is 25.4 Å². The first-order chi connectivity index (χ1) is 10.5. The molecule has 0 radical (unpaired) electrons. The molecule has 2 aromatic rings. The zero-order valence-corrected chi connectivity index (χ0v) is 13.3. The smallest absolute Gasteiger partial charge is 0.332 e. The van der Waals surface area contributed by atoms with Crippen LogP contribution in [0.5, 0.6) is 0 Å². The molecular formula is C15H22N4O3. The molecule has 1 saturated heterocycles. The van der Waals surface area contributed by atoms with E-state index in [-0.39, 0.29) is 17.4 Å². The van der Waals surface area contributed by atoms with Crippen molar-refractivity contribution < 1.29 is 4.74 Å². The fraction of sp³-hybridized carbons (Fsp3) is 0.667. The zero-order valence-electron chi connectivity index (χ0n) is 13.3. The largest absolute Gasteiger partial charge is 0.378 e. The minimum atomic E-state index is -0.295. The molecule has 0 saturated carbocycles. The highest BCUT2D eigenvalue weighted by Gasteiger charge is 2.21. The Morgan fingerprint density at radius 1 is 1.36 bits per heavy atom. The fourth-order valence-corrected chi connectivity index (χ4v) is 3.26. The summed E-state index contributed by atoms with van der Waals surface area (Å²) >= 11 is 0. The van der Waals surface area contributed by atoms with Gasteiger partial charge in [0.2, 0.25) is 0 Å². The van der Waals surface area contributed by atoms with E-state index in [4.69, 9.17) is 4.74 Å². The maximum Gasteiger partial charge on any atom is 0.332 e. The van der Waals surface area contributed by atoms with E-state index in [0.29, 0.717) is 23.6 Å². The van der Waals surface area contributed by atoms with E-state index in [2.05, 4.69) is 11.9 Å². The lowest BCUT2D eigenvalue weighted by atomic mass is 9.93. The lowest BCUT2D eigenvalue weighted by Crippen LogP contribution is -2.40. The van der Waals surface area contributed by atoms with Gasteiger partial charge in [-0.3, -0.25) is 13.9 Å². The van der Waals surface area contributed by atoms with Gasteiger partial charge in [-0.1, -0.05) is 0 Å². The number of ether oxygens (including phenoxy) is 1. The van der Waals surface area contributed by atoms with Crippen molar-refractivity contribution in [3.63, 3.8) is 0 Å². The molecule has 1 fully saturated rings. The summed E-state index contributed by atoms with van der Waals surface area (Å²) in [5.74, 6) is 0.502. The van der Waals surface area contributed by atoms with E-state index in [9.17, 15) is 9.59 Å². The highest BCUT2D eigenvalue weighted by atomic mass is 16.5. The number of aryl methyl sites for hydroxylation is 2. The minimum Gasteiger partial charge on any atom is -0.378 e. The molecule has 2 atom stereocenters. The van der Waals surface area contributed by atoms with Crippen molar-refractivity contribution in [2.75, 3.05) is 6.61 Å². The van der Waals surface area contributed by atoms with Crippen LogP contribution in [0.4, 0.5) is 0 Å². The maximum absolute atomic E-state index is 12.6. The molecule has 0 amide bonds. The topological polar surface area (TPSA) is 71.0 Å². The molecule has 0 aliphatic carbocycles. The summed E-state index contributed by atoms with van der Waals surface area (Å²) in [6.45, 7) is 3.28. The number of fused-ring (bicyclic) bond motifs is 1. The Bertz CT molecular complexity index is 801. The van der Waals surface area contributed by atoms with Gasteiger partial charge in [0.15, 0.2) is 11.2 Å². The summed E-state index contributed by atoms with van der Waals surface area (Å²) in [5, 5.41) is 0. The second-order valence-corrected chi connectivity index (χ2v) is 6.19. The van der Waals surface area contributed by atoms with Crippen molar-refractivity contribution in [2.24, 2.45) is 20.0 Å². The van der Waals surface area contributed by atoms with Crippen LogP contribution < -0.4 is 11.2 Å². The molecule has 120 valence electrons. The molecule has 22 heavy (non-hydrogen) atoms. The van der Waals surface area contributed by atoms with Crippen molar-refractivity contribution in [2.45, 2.75) is 38.8 Å². The zero-order chi connectivity index (χ0) is 15.9. The first-order valence-corrected chi connectivity index (χ1v) is 7.71. The van der Waals surface area contributed by atoms with Crippen LogP contribution in [0.15, 0.2) is 15.9 Å². The summed E-state index contributed by atoms with van der Waals surface area (Å²) < 4.78 is 10.00. The Morgan fingerprint density at radius 2 is 2.14 bits per heavy atom. The van der Waals surface area contributed by atoms with Crippen LogP contribution in [0.1, 0.15) is 26.2 Å². The third-order valence-electron chi connectivity index (χ3n) is 4.56. The van der Waals surface area contributed by atoms with Crippen LogP contribution >= 0.6 is 0 Å². The van der Waals surface area contributed by atoms with Gasteiger partial charge >= 0.3 is 5.69 Å². The van der Waals surface area contributed by atoms with Gasteiger partial charge in [0.1, 0.15) is 0 Å². The molecule has 0 N–H and O–H groups in total. The van der Waals surface area contributed by atoms with Crippen LogP contribution in [0.2, 0.25) is 0 Å². The Morgan fingerprint density at radius 3 is 2.86 bits per heavy atom. The average Bonchev–Trinajstić information content (AvgIpc) is 2.87. The van der Waals surface area contributed by atoms with Gasteiger partial charge in [-0.25, -0.2) is 9.78 Å². The molecule has 2 aromatic heterocycles. The molecule has 0 spiro atoms. The van der Waals surface area contributed by atoms with E-state index in [0.717, 1.165) is 25.9 Å².